The van der Waals surface area contributed by atoms with Crippen molar-refractivity contribution in [2.24, 2.45) is 45.3 Å². The summed E-state index contributed by atoms with van der Waals surface area (Å²) in [6.07, 6.45) is 21.0. The molecule has 4 atom stereocenters. The van der Waals surface area contributed by atoms with Crippen molar-refractivity contribution < 1.29 is 14.3 Å². The topological polar surface area (TPSA) is 46.6 Å². The van der Waals surface area contributed by atoms with Crippen LogP contribution in [0.3, 0.4) is 0 Å². The van der Waals surface area contributed by atoms with Crippen molar-refractivity contribution in [3.63, 3.8) is 0 Å². The van der Waals surface area contributed by atoms with Crippen LogP contribution in [0.25, 0.3) is 0 Å². The predicted molar refractivity (Wildman–Crippen MR) is 135 cm³/mol. The number of carbonyl (C=O) groups is 2. The van der Waals surface area contributed by atoms with Crippen LogP contribution in [0.5, 0.6) is 0 Å². The number of methoxy groups -OCH3 is 1. The van der Waals surface area contributed by atoms with E-state index >= 15 is 0 Å². The minimum Gasteiger partial charge on any atom is -0.469 e. The molecule has 0 saturated heterocycles. The van der Waals surface area contributed by atoms with E-state index in [1.165, 1.54) is 70.6 Å². The van der Waals surface area contributed by atoms with E-state index in [0.29, 0.717) is 23.8 Å². The Morgan fingerprint density at radius 3 is 1.71 bits per heavy atom. The lowest BCUT2D eigenvalue weighted by Gasteiger charge is -2.73. The number of carbonyl (C=O) groups excluding carboxylic acids is 2. The SMILES string of the molecule is CCN(C(=O)C12CC3CC(C1)CC(C14CC5CC(CC(C(=O)OC)(C5)C1)C4)(C3)C2)C1CCCCC1. The van der Waals surface area contributed by atoms with Gasteiger partial charge in [-0.05, 0) is 131 Å². The standard InChI is InChI=1S/C31H47NO3/c1-3-32(25-7-5-4-6-8-25)26(33)28-11-21-9-22(12-28)16-30(15-21,19-28)31-17-23-10-24(18-31)14-29(13-23,20-31)27(34)35-2/h21-25H,3-20H2,1-2H3. The van der Waals surface area contributed by atoms with Gasteiger partial charge in [-0.1, -0.05) is 19.3 Å². The minimum atomic E-state index is -0.225. The normalized spacial score (nSPS) is 49.9. The average molecular weight is 482 g/mol. The van der Waals surface area contributed by atoms with Gasteiger partial charge in [-0.2, -0.15) is 0 Å². The molecule has 9 saturated carbocycles. The van der Waals surface area contributed by atoms with Gasteiger partial charge in [-0.3, -0.25) is 9.59 Å². The second-order valence-electron chi connectivity index (χ2n) is 14.9. The summed E-state index contributed by atoms with van der Waals surface area (Å²) in [7, 11) is 1.61. The summed E-state index contributed by atoms with van der Waals surface area (Å²) in [6, 6.07) is 0.479. The summed E-state index contributed by atoms with van der Waals surface area (Å²) in [5.41, 5.74) is 0.225. The molecule has 4 unspecified atom stereocenters. The second kappa shape index (κ2) is 7.73. The molecule has 0 aromatic carbocycles. The van der Waals surface area contributed by atoms with Gasteiger partial charge in [-0.15, -0.1) is 0 Å². The first-order valence-electron chi connectivity index (χ1n) is 15.2. The predicted octanol–water partition coefficient (Wildman–Crippen LogP) is 6.51. The van der Waals surface area contributed by atoms with Crippen LogP contribution in [0.4, 0.5) is 0 Å². The number of rotatable bonds is 5. The first kappa shape index (κ1) is 23.1. The Balaban J connectivity index is 1.25. The van der Waals surface area contributed by atoms with Crippen LogP contribution in [0.15, 0.2) is 0 Å². The first-order chi connectivity index (χ1) is 16.8. The van der Waals surface area contributed by atoms with Crippen LogP contribution in [0.2, 0.25) is 0 Å². The van der Waals surface area contributed by atoms with Gasteiger partial charge >= 0.3 is 5.97 Å². The number of amides is 1. The van der Waals surface area contributed by atoms with Crippen molar-refractivity contribution in [1.29, 1.82) is 0 Å². The Morgan fingerprint density at radius 2 is 1.23 bits per heavy atom. The molecule has 0 spiro atoms. The highest BCUT2D eigenvalue weighted by atomic mass is 16.5. The quantitative estimate of drug-likeness (QED) is 0.420. The maximum atomic E-state index is 14.6. The Morgan fingerprint density at radius 1 is 0.743 bits per heavy atom. The summed E-state index contributed by atoms with van der Waals surface area (Å²) in [5, 5.41) is 0. The van der Waals surface area contributed by atoms with Crippen LogP contribution in [-0.4, -0.2) is 36.5 Å². The number of ether oxygens (including phenoxy) is 1. The summed E-state index contributed by atoms with van der Waals surface area (Å²) in [6.45, 7) is 3.11. The molecule has 0 aliphatic heterocycles. The molecule has 0 N–H and O–H groups in total. The Hall–Kier alpha value is -1.06. The maximum absolute atomic E-state index is 14.6. The van der Waals surface area contributed by atoms with Crippen LogP contribution < -0.4 is 0 Å². The number of hydrogen-bond donors (Lipinski definition) is 0. The van der Waals surface area contributed by atoms with E-state index in [-0.39, 0.29) is 27.6 Å². The van der Waals surface area contributed by atoms with Gasteiger partial charge in [0.15, 0.2) is 0 Å². The van der Waals surface area contributed by atoms with Gasteiger partial charge in [0.25, 0.3) is 0 Å². The molecule has 9 fully saturated rings. The van der Waals surface area contributed by atoms with Gasteiger partial charge in [-0.25, -0.2) is 0 Å². The van der Waals surface area contributed by atoms with Crippen molar-refractivity contribution >= 4 is 11.9 Å². The second-order valence-corrected chi connectivity index (χ2v) is 14.9. The molecule has 0 aromatic rings. The number of nitrogens with zero attached hydrogens (tertiary/aromatic N) is 1. The molecule has 0 heterocycles. The van der Waals surface area contributed by atoms with Gasteiger partial charge in [0.2, 0.25) is 5.91 Å². The van der Waals surface area contributed by atoms with Gasteiger partial charge in [0, 0.05) is 12.6 Å². The van der Waals surface area contributed by atoms with E-state index in [1.54, 1.807) is 7.11 Å². The molecule has 194 valence electrons. The highest BCUT2D eigenvalue weighted by Crippen LogP contribution is 2.78. The molecule has 0 radical (unpaired) electrons. The van der Waals surface area contributed by atoms with Crippen LogP contribution in [-0.2, 0) is 14.3 Å². The lowest BCUT2D eigenvalue weighted by molar-refractivity contribution is -0.241. The molecule has 8 bridgehead atoms. The number of hydrogen-bond acceptors (Lipinski definition) is 3. The van der Waals surface area contributed by atoms with Gasteiger partial charge in [0.05, 0.1) is 17.9 Å². The Kier molecular flexibility index (Phi) is 5.10. The zero-order valence-corrected chi connectivity index (χ0v) is 22.3. The molecule has 35 heavy (non-hydrogen) atoms. The third-order valence-corrected chi connectivity index (χ3v) is 12.9. The largest absolute Gasteiger partial charge is 0.469 e. The van der Waals surface area contributed by atoms with Crippen molar-refractivity contribution in [2.75, 3.05) is 13.7 Å². The molecule has 9 aliphatic rings. The molecule has 4 nitrogen and oxygen atoms in total. The van der Waals surface area contributed by atoms with Crippen molar-refractivity contribution in [3.8, 4) is 0 Å². The Bertz CT molecular complexity index is 875. The fraction of sp³-hybridized carbons (Fsp3) is 0.935. The summed E-state index contributed by atoms with van der Waals surface area (Å²) >= 11 is 0. The highest BCUT2D eigenvalue weighted by molar-refractivity contribution is 5.84. The van der Waals surface area contributed by atoms with Crippen LogP contribution in [0.1, 0.15) is 116 Å². The number of esters is 1. The zero-order chi connectivity index (χ0) is 24.1. The minimum absolute atomic E-state index is 0.0842. The molecule has 9 rings (SSSR count). The summed E-state index contributed by atoms with van der Waals surface area (Å²) in [4.78, 5) is 30.1. The van der Waals surface area contributed by atoms with Gasteiger partial charge < -0.3 is 9.64 Å². The van der Waals surface area contributed by atoms with Crippen molar-refractivity contribution in [2.45, 2.75) is 122 Å². The highest BCUT2D eigenvalue weighted by Gasteiger charge is 2.72. The zero-order valence-electron chi connectivity index (χ0n) is 22.3. The molecular weight excluding hydrogens is 434 g/mol. The lowest BCUT2D eigenvalue weighted by Crippen LogP contribution is -2.67. The molecule has 9 aliphatic carbocycles. The fourth-order valence-electron chi connectivity index (χ4n) is 12.7. The lowest BCUT2D eigenvalue weighted by atomic mass is 9.31. The maximum Gasteiger partial charge on any atom is 0.311 e. The van der Waals surface area contributed by atoms with E-state index in [4.69, 9.17) is 4.74 Å². The van der Waals surface area contributed by atoms with Crippen LogP contribution >= 0.6 is 0 Å². The van der Waals surface area contributed by atoms with E-state index in [2.05, 4.69) is 11.8 Å². The first-order valence-corrected chi connectivity index (χ1v) is 15.2. The molecule has 4 heteroatoms. The van der Waals surface area contributed by atoms with Crippen LogP contribution in [0, 0.1) is 45.3 Å². The monoisotopic (exact) mass is 481 g/mol. The van der Waals surface area contributed by atoms with E-state index in [9.17, 15) is 9.59 Å². The van der Waals surface area contributed by atoms with E-state index in [1.807, 2.05) is 0 Å². The summed E-state index contributed by atoms with van der Waals surface area (Å²) in [5.74, 6) is 3.48. The average Bonchev–Trinajstić information content (AvgIpc) is 2.83. The third-order valence-electron chi connectivity index (χ3n) is 12.9. The van der Waals surface area contributed by atoms with Gasteiger partial charge in [0.1, 0.15) is 0 Å². The summed E-state index contributed by atoms with van der Waals surface area (Å²) < 4.78 is 5.47. The van der Waals surface area contributed by atoms with Crippen molar-refractivity contribution in [1.82, 2.24) is 4.90 Å². The van der Waals surface area contributed by atoms with E-state index in [0.717, 1.165) is 56.9 Å². The smallest absolute Gasteiger partial charge is 0.311 e. The molecular formula is C31H47NO3. The Labute approximate surface area is 212 Å². The van der Waals surface area contributed by atoms with E-state index < -0.39 is 0 Å². The fourth-order valence-corrected chi connectivity index (χ4v) is 12.7. The third kappa shape index (κ3) is 3.16. The molecule has 1 amide bonds. The molecule has 0 aromatic heterocycles. The van der Waals surface area contributed by atoms with Crippen molar-refractivity contribution in [3.05, 3.63) is 0 Å².